The van der Waals surface area contributed by atoms with Crippen LogP contribution >= 0.6 is 0 Å². The number of aryl methyl sites for hydroxylation is 1. The van der Waals surface area contributed by atoms with Crippen molar-refractivity contribution in [2.24, 2.45) is 11.8 Å². The van der Waals surface area contributed by atoms with Gasteiger partial charge in [-0.15, -0.1) is 0 Å². The number of carbonyl (C=O) groups is 4. The van der Waals surface area contributed by atoms with Gasteiger partial charge in [-0.1, -0.05) is 31.0 Å². The molecule has 1 saturated heterocycles. The molecule has 2 amide bonds. The fourth-order valence-electron chi connectivity index (χ4n) is 4.80. The fourth-order valence-corrected chi connectivity index (χ4v) is 4.80. The Labute approximate surface area is 174 Å². The van der Waals surface area contributed by atoms with Gasteiger partial charge in [-0.25, -0.2) is 4.79 Å². The number of hydrogen-bond donors (Lipinski definition) is 1. The molecule has 30 heavy (non-hydrogen) atoms. The first-order chi connectivity index (χ1) is 14.3. The van der Waals surface area contributed by atoms with Gasteiger partial charge in [0, 0.05) is 22.2 Å². The van der Waals surface area contributed by atoms with Crippen molar-refractivity contribution in [2.45, 2.75) is 58.6 Å². The van der Waals surface area contributed by atoms with Crippen molar-refractivity contribution in [3.05, 3.63) is 35.5 Å². The van der Waals surface area contributed by atoms with Crippen LogP contribution < -0.4 is 0 Å². The summed E-state index contributed by atoms with van der Waals surface area (Å²) in [5.41, 5.74) is 2.02. The van der Waals surface area contributed by atoms with Gasteiger partial charge in [0.1, 0.15) is 6.04 Å². The number of rotatable bonds is 5. The molecule has 1 aromatic carbocycles. The quantitative estimate of drug-likeness (QED) is 0.464. The van der Waals surface area contributed by atoms with Crippen molar-refractivity contribution >= 4 is 34.5 Å². The first-order valence-corrected chi connectivity index (χ1v) is 10.5. The lowest BCUT2D eigenvalue weighted by Gasteiger charge is -2.23. The topological polar surface area (TPSA) is 96.5 Å². The number of fused-ring (bicyclic) bond motifs is 2. The number of benzene rings is 1. The summed E-state index contributed by atoms with van der Waals surface area (Å²) >= 11 is 0. The molecule has 0 unspecified atom stereocenters. The molecule has 4 atom stereocenters. The Morgan fingerprint density at radius 1 is 1.07 bits per heavy atom. The smallest absolute Gasteiger partial charge is 0.329 e. The molecule has 2 heterocycles. The summed E-state index contributed by atoms with van der Waals surface area (Å²) in [6.45, 7) is 4.80. The number of ether oxygens (including phenoxy) is 1. The molecular formula is C23H26N2O5. The summed E-state index contributed by atoms with van der Waals surface area (Å²) in [6, 6.07) is 6.39. The SMILES string of the molecule is Cc1[nH]c2ccccc2c1C(=O)[C@@H](C)OC(=O)[C@H](C)N1C(=O)[C@H]2CCCC[C@H]2C1=O. The molecule has 7 heteroatoms. The highest BCUT2D eigenvalue weighted by atomic mass is 16.5. The largest absolute Gasteiger partial charge is 0.453 e. The maximum atomic E-state index is 13.0. The molecule has 1 aliphatic carbocycles. The third kappa shape index (κ3) is 3.22. The molecule has 0 bridgehead atoms. The zero-order chi connectivity index (χ0) is 21.6. The van der Waals surface area contributed by atoms with Crippen molar-refractivity contribution in [2.75, 3.05) is 0 Å². The minimum atomic E-state index is -1.05. The summed E-state index contributed by atoms with van der Waals surface area (Å²) in [5.74, 6) is -2.29. The second kappa shape index (κ2) is 7.70. The Morgan fingerprint density at radius 2 is 1.67 bits per heavy atom. The molecule has 2 fully saturated rings. The standard InChI is InChI=1S/C23H26N2O5/c1-12-19(17-10-6-7-11-18(17)24-12)20(26)14(3)30-23(29)13(2)25-21(27)15-8-4-5-9-16(15)22(25)28/h6-7,10-11,13-16,24H,4-5,8-9H2,1-3H3/t13-,14+,15-,16+/m0/s1. The van der Waals surface area contributed by atoms with Gasteiger partial charge in [-0.05, 0) is 39.7 Å². The molecule has 7 nitrogen and oxygen atoms in total. The highest BCUT2D eigenvalue weighted by Gasteiger charge is 2.51. The summed E-state index contributed by atoms with van der Waals surface area (Å²) < 4.78 is 5.42. The molecule has 2 aromatic rings. The highest BCUT2D eigenvalue weighted by Crippen LogP contribution is 2.39. The molecule has 158 valence electrons. The molecule has 1 aliphatic heterocycles. The van der Waals surface area contributed by atoms with Gasteiger partial charge in [0.25, 0.3) is 0 Å². The van der Waals surface area contributed by atoms with Crippen molar-refractivity contribution in [3.63, 3.8) is 0 Å². The first-order valence-electron chi connectivity index (χ1n) is 10.5. The molecule has 1 saturated carbocycles. The number of nitrogens with zero attached hydrogens (tertiary/aromatic N) is 1. The van der Waals surface area contributed by atoms with Crippen molar-refractivity contribution < 1.29 is 23.9 Å². The first kappa shape index (κ1) is 20.3. The van der Waals surface area contributed by atoms with Crippen LogP contribution in [0.3, 0.4) is 0 Å². The van der Waals surface area contributed by atoms with Gasteiger partial charge in [0.15, 0.2) is 6.10 Å². The molecular weight excluding hydrogens is 384 g/mol. The van der Waals surface area contributed by atoms with Gasteiger partial charge in [0.05, 0.1) is 11.8 Å². The van der Waals surface area contributed by atoms with Gasteiger partial charge >= 0.3 is 5.97 Å². The number of likely N-dealkylation sites (tertiary alicyclic amines) is 1. The zero-order valence-electron chi connectivity index (χ0n) is 17.4. The molecule has 4 rings (SSSR count). The van der Waals surface area contributed by atoms with Crippen LogP contribution in [0.5, 0.6) is 0 Å². The van der Waals surface area contributed by atoms with Crippen LogP contribution in [0.15, 0.2) is 24.3 Å². The van der Waals surface area contributed by atoms with E-state index in [0.717, 1.165) is 28.6 Å². The van der Waals surface area contributed by atoms with Gasteiger partial charge in [-0.3, -0.25) is 19.3 Å². The van der Waals surface area contributed by atoms with Gasteiger partial charge < -0.3 is 9.72 Å². The number of esters is 1. The Morgan fingerprint density at radius 3 is 2.30 bits per heavy atom. The molecule has 1 N–H and O–H groups in total. The third-order valence-corrected chi connectivity index (χ3v) is 6.41. The number of ketones is 1. The minimum Gasteiger partial charge on any atom is -0.453 e. The van der Waals surface area contributed by atoms with E-state index in [1.165, 1.54) is 13.8 Å². The maximum absolute atomic E-state index is 13.0. The van der Waals surface area contributed by atoms with E-state index in [4.69, 9.17) is 4.74 Å². The average Bonchev–Trinajstić information content (AvgIpc) is 3.20. The van der Waals surface area contributed by atoms with Crippen LogP contribution in [0, 0.1) is 18.8 Å². The number of aromatic amines is 1. The number of carbonyl (C=O) groups excluding carboxylic acids is 4. The van der Waals surface area contributed by atoms with E-state index in [1.54, 1.807) is 6.92 Å². The minimum absolute atomic E-state index is 0.291. The summed E-state index contributed by atoms with van der Waals surface area (Å²) in [5, 5.41) is 0.768. The van der Waals surface area contributed by atoms with E-state index in [-0.39, 0.29) is 29.4 Å². The summed E-state index contributed by atoms with van der Waals surface area (Å²) in [4.78, 5) is 55.4. The van der Waals surface area contributed by atoms with Crippen LogP contribution in [-0.2, 0) is 19.1 Å². The Balaban J connectivity index is 1.49. The number of H-pyrrole nitrogens is 1. The van der Waals surface area contributed by atoms with Crippen LogP contribution in [0.1, 0.15) is 55.6 Å². The van der Waals surface area contributed by atoms with E-state index < -0.39 is 18.1 Å². The predicted molar refractivity (Wildman–Crippen MR) is 110 cm³/mol. The third-order valence-electron chi connectivity index (χ3n) is 6.41. The number of amides is 2. The number of Topliss-reactive ketones (excluding diaryl/α,β-unsaturated/α-hetero) is 1. The Hall–Kier alpha value is -2.96. The highest BCUT2D eigenvalue weighted by molar-refractivity contribution is 6.12. The van der Waals surface area contributed by atoms with E-state index >= 15 is 0 Å². The predicted octanol–water partition coefficient (Wildman–Crippen LogP) is 3.15. The fraction of sp³-hybridized carbons (Fsp3) is 0.478. The van der Waals surface area contributed by atoms with Crippen molar-refractivity contribution in [3.8, 4) is 0 Å². The molecule has 0 radical (unpaired) electrons. The van der Waals surface area contributed by atoms with Gasteiger partial charge in [-0.2, -0.15) is 0 Å². The lowest BCUT2D eigenvalue weighted by atomic mass is 9.81. The van der Waals surface area contributed by atoms with Crippen molar-refractivity contribution in [1.29, 1.82) is 0 Å². The second-order valence-electron chi connectivity index (χ2n) is 8.33. The normalized spacial score (nSPS) is 23.4. The molecule has 1 aromatic heterocycles. The summed E-state index contributed by atoms with van der Waals surface area (Å²) in [6.07, 6.45) is 2.17. The monoisotopic (exact) mass is 410 g/mol. The van der Waals surface area contributed by atoms with Crippen molar-refractivity contribution in [1.82, 2.24) is 9.88 Å². The molecule has 2 aliphatic rings. The number of para-hydroxylation sites is 1. The van der Waals surface area contributed by atoms with E-state index in [2.05, 4.69) is 4.98 Å². The number of imide groups is 1. The maximum Gasteiger partial charge on any atom is 0.329 e. The lowest BCUT2D eigenvalue weighted by Crippen LogP contribution is -2.45. The molecule has 0 spiro atoms. The zero-order valence-corrected chi connectivity index (χ0v) is 17.4. The summed E-state index contributed by atoms with van der Waals surface area (Å²) in [7, 11) is 0. The van der Waals surface area contributed by atoms with Crippen LogP contribution in [-0.4, -0.2) is 45.6 Å². The van der Waals surface area contributed by atoms with E-state index in [1.807, 2.05) is 24.3 Å². The number of aromatic nitrogens is 1. The Bertz CT molecular complexity index is 1020. The van der Waals surface area contributed by atoms with Crippen LogP contribution in [0.25, 0.3) is 10.9 Å². The van der Waals surface area contributed by atoms with E-state index in [0.29, 0.717) is 24.1 Å². The van der Waals surface area contributed by atoms with Crippen LogP contribution in [0.4, 0.5) is 0 Å². The lowest BCUT2D eigenvalue weighted by molar-refractivity contribution is -0.159. The Kier molecular flexibility index (Phi) is 5.22. The van der Waals surface area contributed by atoms with Crippen LogP contribution in [0.2, 0.25) is 0 Å². The number of hydrogen-bond acceptors (Lipinski definition) is 5. The van der Waals surface area contributed by atoms with E-state index in [9.17, 15) is 19.2 Å². The van der Waals surface area contributed by atoms with Gasteiger partial charge in [0.2, 0.25) is 17.6 Å². The number of nitrogens with one attached hydrogen (secondary N) is 1. The second-order valence-corrected chi connectivity index (χ2v) is 8.33. The average molecular weight is 410 g/mol.